The van der Waals surface area contributed by atoms with Gasteiger partial charge in [-0.05, 0) is 24.6 Å². The number of halogens is 2. The molecule has 0 aliphatic carbocycles. The summed E-state index contributed by atoms with van der Waals surface area (Å²) in [6, 6.07) is 5.64. The van der Waals surface area contributed by atoms with E-state index in [-0.39, 0.29) is 30.0 Å². The van der Waals surface area contributed by atoms with Crippen LogP contribution in [0.1, 0.15) is 16.9 Å². The van der Waals surface area contributed by atoms with Crippen molar-refractivity contribution in [2.45, 2.75) is 25.2 Å². The van der Waals surface area contributed by atoms with Gasteiger partial charge in [-0.15, -0.1) is 0 Å². The zero-order valence-corrected chi connectivity index (χ0v) is 12.1. The molecular formula is C15H16F2N2O4. The van der Waals surface area contributed by atoms with Crippen molar-refractivity contribution in [2.24, 2.45) is 0 Å². The minimum atomic E-state index is -2.90. The van der Waals surface area contributed by atoms with Crippen molar-refractivity contribution in [3.05, 3.63) is 30.0 Å². The highest BCUT2D eigenvalue weighted by Gasteiger charge is 2.26. The van der Waals surface area contributed by atoms with Gasteiger partial charge in [0.2, 0.25) is 0 Å². The first-order valence-electron chi connectivity index (χ1n) is 7.17. The third kappa shape index (κ3) is 3.59. The Morgan fingerprint density at radius 3 is 3.00 bits per heavy atom. The van der Waals surface area contributed by atoms with Crippen LogP contribution in [0.2, 0.25) is 0 Å². The third-order valence-corrected chi connectivity index (χ3v) is 3.71. The van der Waals surface area contributed by atoms with Gasteiger partial charge in [0.1, 0.15) is 11.4 Å². The highest BCUT2D eigenvalue weighted by atomic mass is 19.3. The second kappa shape index (κ2) is 6.51. The number of carbonyl (C=O) groups is 1. The molecule has 1 aromatic heterocycles. The third-order valence-electron chi connectivity index (χ3n) is 3.71. The zero-order chi connectivity index (χ0) is 16.4. The lowest BCUT2D eigenvalue weighted by Crippen LogP contribution is -2.48. The minimum Gasteiger partial charge on any atom is -0.435 e. The molecule has 0 saturated carbocycles. The Kier molecular flexibility index (Phi) is 4.44. The van der Waals surface area contributed by atoms with Gasteiger partial charge in [-0.1, -0.05) is 0 Å². The molecule has 0 bridgehead atoms. The Morgan fingerprint density at radius 1 is 1.43 bits per heavy atom. The van der Waals surface area contributed by atoms with Crippen LogP contribution in [0.4, 0.5) is 8.78 Å². The topological polar surface area (TPSA) is 83.6 Å². The SMILES string of the molecule is O=C(NC1CCOCC1O)c1cc2ccc(OC(F)F)cc2[nH]1. The van der Waals surface area contributed by atoms with Gasteiger partial charge in [-0.25, -0.2) is 0 Å². The van der Waals surface area contributed by atoms with E-state index in [1.807, 2.05) is 0 Å². The van der Waals surface area contributed by atoms with Crippen LogP contribution in [-0.2, 0) is 4.74 Å². The van der Waals surface area contributed by atoms with Crippen LogP contribution in [-0.4, -0.2) is 48.0 Å². The monoisotopic (exact) mass is 326 g/mol. The standard InChI is InChI=1S/C15H16F2N2O4/c16-15(17)23-9-2-1-8-5-12(18-11(8)6-9)14(21)19-10-3-4-22-7-13(10)20/h1-2,5-6,10,13,15,18,20H,3-4,7H2,(H,19,21). The average molecular weight is 326 g/mol. The van der Waals surface area contributed by atoms with Crippen LogP contribution in [0.3, 0.4) is 0 Å². The molecule has 1 aromatic carbocycles. The van der Waals surface area contributed by atoms with Gasteiger partial charge >= 0.3 is 6.61 Å². The molecule has 23 heavy (non-hydrogen) atoms. The van der Waals surface area contributed by atoms with Crippen LogP contribution < -0.4 is 10.1 Å². The number of hydrogen-bond acceptors (Lipinski definition) is 4. The Bertz CT molecular complexity index is 704. The number of alkyl halides is 2. The molecule has 3 rings (SSSR count). The van der Waals surface area contributed by atoms with Gasteiger partial charge in [0.05, 0.1) is 18.8 Å². The molecule has 2 heterocycles. The molecule has 2 atom stereocenters. The number of hydrogen-bond donors (Lipinski definition) is 3. The van der Waals surface area contributed by atoms with Gasteiger partial charge in [-0.2, -0.15) is 8.78 Å². The molecular weight excluding hydrogens is 310 g/mol. The number of rotatable bonds is 4. The number of aromatic amines is 1. The highest BCUT2D eigenvalue weighted by molar-refractivity contribution is 5.98. The number of amides is 1. The number of ether oxygens (including phenoxy) is 2. The number of nitrogens with one attached hydrogen (secondary N) is 2. The van der Waals surface area contributed by atoms with Gasteiger partial charge in [0, 0.05) is 23.6 Å². The largest absolute Gasteiger partial charge is 0.435 e. The minimum absolute atomic E-state index is 0.0150. The molecule has 3 N–H and O–H groups in total. The van der Waals surface area contributed by atoms with Crippen molar-refractivity contribution in [1.29, 1.82) is 0 Å². The summed E-state index contributed by atoms with van der Waals surface area (Å²) in [4.78, 5) is 15.1. The van der Waals surface area contributed by atoms with Crippen molar-refractivity contribution < 1.29 is 28.2 Å². The lowest BCUT2D eigenvalue weighted by molar-refractivity contribution is -0.0497. The summed E-state index contributed by atoms with van der Waals surface area (Å²) < 4.78 is 33.9. The lowest BCUT2D eigenvalue weighted by atomic mass is 10.1. The van der Waals surface area contributed by atoms with E-state index < -0.39 is 12.7 Å². The van der Waals surface area contributed by atoms with E-state index in [9.17, 15) is 18.7 Å². The Morgan fingerprint density at radius 2 is 2.26 bits per heavy atom. The van der Waals surface area contributed by atoms with E-state index in [1.54, 1.807) is 12.1 Å². The van der Waals surface area contributed by atoms with Crippen molar-refractivity contribution in [1.82, 2.24) is 10.3 Å². The summed E-state index contributed by atoms with van der Waals surface area (Å²) in [6.07, 6.45) is -0.220. The first-order chi connectivity index (χ1) is 11.0. The molecule has 0 spiro atoms. The Labute approximate surface area is 130 Å². The zero-order valence-electron chi connectivity index (χ0n) is 12.1. The normalized spacial score (nSPS) is 21.6. The van der Waals surface area contributed by atoms with E-state index in [1.165, 1.54) is 12.1 Å². The van der Waals surface area contributed by atoms with E-state index in [4.69, 9.17) is 4.74 Å². The predicted molar refractivity (Wildman–Crippen MR) is 77.6 cm³/mol. The summed E-state index contributed by atoms with van der Waals surface area (Å²) in [7, 11) is 0. The van der Waals surface area contributed by atoms with E-state index in [2.05, 4.69) is 15.0 Å². The number of carbonyl (C=O) groups excluding carboxylic acids is 1. The van der Waals surface area contributed by atoms with Gasteiger partial charge < -0.3 is 24.9 Å². The molecule has 1 fully saturated rings. The van der Waals surface area contributed by atoms with Crippen molar-refractivity contribution in [3.8, 4) is 5.75 Å². The fourth-order valence-corrected chi connectivity index (χ4v) is 2.54. The molecule has 1 amide bonds. The maximum atomic E-state index is 12.2. The van der Waals surface area contributed by atoms with Crippen LogP contribution in [0.15, 0.2) is 24.3 Å². The maximum Gasteiger partial charge on any atom is 0.387 e. The summed E-state index contributed by atoms with van der Waals surface area (Å²) in [6.45, 7) is -2.24. The van der Waals surface area contributed by atoms with E-state index >= 15 is 0 Å². The number of H-pyrrole nitrogens is 1. The second-order valence-corrected chi connectivity index (χ2v) is 5.32. The predicted octanol–water partition coefficient (Wildman–Crippen LogP) is 1.65. The van der Waals surface area contributed by atoms with Crippen LogP contribution in [0.5, 0.6) is 5.75 Å². The number of aromatic nitrogens is 1. The van der Waals surface area contributed by atoms with E-state index in [0.717, 1.165) is 0 Å². The highest BCUT2D eigenvalue weighted by Crippen LogP contribution is 2.23. The van der Waals surface area contributed by atoms with Gasteiger partial charge in [0.25, 0.3) is 5.91 Å². The average Bonchev–Trinajstić information content (AvgIpc) is 2.92. The van der Waals surface area contributed by atoms with Crippen LogP contribution in [0, 0.1) is 0 Å². The molecule has 8 heteroatoms. The smallest absolute Gasteiger partial charge is 0.387 e. The van der Waals surface area contributed by atoms with Crippen molar-refractivity contribution in [2.75, 3.05) is 13.2 Å². The lowest BCUT2D eigenvalue weighted by Gasteiger charge is -2.28. The summed E-state index contributed by atoms with van der Waals surface area (Å²) in [5.74, 6) is -0.357. The fraction of sp³-hybridized carbons (Fsp3) is 0.400. The number of aliphatic hydroxyl groups is 1. The van der Waals surface area contributed by atoms with Gasteiger partial charge in [-0.3, -0.25) is 4.79 Å². The molecule has 2 aromatic rings. The Hall–Kier alpha value is -2.19. The number of aliphatic hydroxyl groups excluding tert-OH is 1. The molecule has 124 valence electrons. The van der Waals surface area contributed by atoms with Crippen LogP contribution >= 0.6 is 0 Å². The van der Waals surface area contributed by atoms with E-state index in [0.29, 0.717) is 23.9 Å². The molecule has 1 aliphatic rings. The number of benzene rings is 1. The Balaban J connectivity index is 1.75. The molecule has 1 aliphatic heterocycles. The summed E-state index contributed by atoms with van der Waals surface area (Å²) in [5, 5.41) is 13.2. The quantitative estimate of drug-likeness (QED) is 0.798. The van der Waals surface area contributed by atoms with Crippen molar-refractivity contribution in [3.63, 3.8) is 0 Å². The fourth-order valence-electron chi connectivity index (χ4n) is 2.54. The maximum absolute atomic E-state index is 12.2. The summed E-state index contributed by atoms with van der Waals surface area (Å²) in [5.41, 5.74) is 0.800. The van der Waals surface area contributed by atoms with Crippen molar-refractivity contribution >= 4 is 16.8 Å². The molecule has 6 nitrogen and oxygen atoms in total. The first kappa shape index (κ1) is 15.7. The molecule has 0 radical (unpaired) electrons. The van der Waals surface area contributed by atoms with Crippen LogP contribution in [0.25, 0.3) is 10.9 Å². The molecule has 1 saturated heterocycles. The van der Waals surface area contributed by atoms with Gasteiger partial charge in [0.15, 0.2) is 0 Å². The molecule has 2 unspecified atom stereocenters. The summed E-state index contributed by atoms with van der Waals surface area (Å²) >= 11 is 0. The first-order valence-corrected chi connectivity index (χ1v) is 7.17. The second-order valence-electron chi connectivity index (χ2n) is 5.32. The number of fused-ring (bicyclic) bond motifs is 1.